The molecule has 1 heterocycles. The maximum atomic E-state index is 5.82. The second kappa shape index (κ2) is 3.55. The fraction of sp³-hybridized carbons (Fsp3) is 0.867. The first-order chi connectivity index (χ1) is 8.94. The summed E-state index contributed by atoms with van der Waals surface area (Å²) in [6.07, 6.45) is 7.82. The SMILES string of the molecule is CC12CC3CC(C)(C1)CC(c1nc(CCl)no1)(C3)C2. The van der Waals surface area contributed by atoms with Gasteiger partial charge in [0.1, 0.15) is 0 Å². The third kappa shape index (κ3) is 1.70. The second-order valence-corrected chi connectivity index (χ2v) is 8.33. The predicted molar refractivity (Wildman–Crippen MR) is 72.9 cm³/mol. The third-order valence-corrected chi connectivity index (χ3v) is 5.91. The molecule has 1 aromatic rings. The van der Waals surface area contributed by atoms with Gasteiger partial charge in [0, 0.05) is 0 Å². The number of aromatic nitrogens is 2. The van der Waals surface area contributed by atoms with Crippen LogP contribution in [0.2, 0.25) is 0 Å². The van der Waals surface area contributed by atoms with Gasteiger partial charge in [0.15, 0.2) is 5.82 Å². The molecule has 4 bridgehead atoms. The van der Waals surface area contributed by atoms with Gasteiger partial charge in [-0.15, -0.1) is 11.6 Å². The first-order valence-corrected chi connectivity index (χ1v) is 7.87. The van der Waals surface area contributed by atoms with E-state index in [-0.39, 0.29) is 5.41 Å². The molecule has 4 aliphatic rings. The molecule has 3 nitrogen and oxygen atoms in total. The van der Waals surface area contributed by atoms with Gasteiger partial charge >= 0.3 is 0 Å². The highest BCUT2D eigenvalue weighted by Gasteiger charge is 2.62. The molecule has 2 atom stereocenters. The molecular weight excluding hydrogens is 260 g/mol. The van der Waals surface area contributed by atoms with Crippen LogP contribution in [0.25, 0.3) is 0 Å². The van der Waals surface area contributed by atoms with Crippen LogP contribution in [-0.4, -0.2) is 10.1 Å². The van der Waals surface area contributed by atoms with Crippen LogP contribution >= 0.6 is 11.6 Å². The zero-order valence-corrected chi connectivity index (χ0v) is 12.5. The van der Waals surface area contributed by atoms with Crippen LogP contribution in [0.4, 0.5) is 0 Å². The molecule has 4 aliphatic carbocycles. The van der Waals surface area contributed by atoms with Crippen molar-refractivity contribution in [3.05, 3.63) is 11.7 Å². The van der Waals surface area contributed by atoms with E-state index in [9.17, 15) is 0 Å². The van der Waals surface area contributed by atoms with Crippen molar-refractivity contribution in [2.45, 2.75) is 63.7 Å². The van der Waals surface area contributed by atoms with Crippen LogP contribution in [0.15, 0.2) is 4.52 Å². The first kappa shape index (κ1) is 12.2. The van der Waals surface area contributed by atoms with Gasteiger partial charge in [0.2, 0.25) is 5.89 Å². The Labute approximate surface area is 119 Å². The highest BCUT2D eigenvalue weighted by molar-refractivity contribution is 6.16. The minimum absolute atomic E-state index is 0.139. The number of halogens is 1. The lowest BCUT2D eigenvalue weighted by molar-refractivity contribution is -0.118. The average molecular weight is 281 g/mol. The van der Waals surface area contributed by atoms with E-state index in [0.717, 1.165) is 11.8 Å². The Morgan fingerprint density at radius 3 is 2.37 bits per heavy atom. The van der Waals surface area contributed by atoms with Crippen molar-refractivity contribution in [3.8, 4) is 0 Å². The highest BCUT2D eigenvalue weighted by atomic mass is 35.5. The fourth-order valence-electron chi connectivity index (χ4n) is 6.21. The van der Waals surface area contributed by atoms with E-state index in [1.165, 1.54) is 38.5 Å². The molecule has 4 fully saturated rings. The summed E-state index contributed by atoms with van der Waals surface area (Å²) < 4.78 is 5.58. The van der Waals surface area contributed by atoms with Crippen molar-refractivity contribution in [1.29, 1.82) is 0 Å². The predicted octanol–water partition coefficient (Wildman–Crippen LogP) is 4.06. The van der Waals surface area contributed by atoms with Gasteiger partial charge in [-0.1, -0.05) is 19.0 Å². The second-order valence-electron chi connectivity index (χ2n) is 8.06. The van der Waals surface area contributed by atoms with Crippen molar-refractivity contribution in [1.82, 2.24) is 10.1 Å². The molecule has 2 unspecified atom stereocenters. The maximum Gasteiger partial charge on any atom is 0.232 e. The molecule has 0 amide bonds. The normalized spacial score (nSPS) is 47.8. The van der Waals surface area contributed by atoms with E-state index >= 15 is 0 Å². The Balaban J connectivity index is 1.78. The molecule has 0 N–H and O–H groups in total. The molecule has 0 aromatic carbocycles. The Morgan fingerprint density at radius 1 is 1.16 bits per heavy atom. The number of rotatable bonds is 2. The molecule has 5 rings (SSSR count). The van der Waals surface area contributed by atoms with Gasteiger partial charge in [-0.25, -0.2) is 0 Å². The van der Waals surface area contributed by atoms with Gasteiger partial charge < -0.3 is 4.52 Å². The average Bonchev–Trinajstić information content (AvgIpc) is 2.72. The van der Waals surface area contributed by atoms with Crippen molar-refractivity contribution < 1.29 is 4.52 Å². The molecule has 19 heavy (non-hydrogen) atoms. The van der Waals surface area contributed by atoms with Crippen LogP contribution in [0.5, 0.6) is 0 Å². The summed E-state index contributed by atoms with van der Waals surface area (Å²) in [7, 11) is 0. The Bertz CT molecular complexity index is 508. The van der Waals surface area contributed by atoms with Gasteiger partial charge in [-0.3, -0.25) is 0 Å². The van der Waals surface area contributed by atoms with E-state index in [4.69, 9.17) is 16.1 Å². The van der Waals surface area contributed by atoms with Crippen LogP contribution in [0.3, 0.4) is 0 Å². The smallest absolute Gasteiger partial charge is 0.232 e. The number of hydrogen-bond donors (Lipinski definition) is 0. The first-order valence-electron chi connectivity index (χ1n) is 7.34. The monoisotopic (exact) mass is 280 g/mol. The summed E-state index contributed by atoms with van der Waals surface area (Å²) in [4.78, 5) is 4.57. The molecule has 0 saturated heterocycles. The lowest BCUT2D eigenvalue weighted by Crippen LogP contribution is -2.57. The van der Waals surface area contributed by atoms with Gasteiger partial charge in [0.05, 0.1) is 11.3 Å². The van der Waals surface area contributed by atoms with Crippen molar-refractivity contribution >= 4 is 11.6 Å². The summed E-state index contributed by atoms with van der Waals surface area (Å²) in [5, 5.41) is 4.02. The molecular formula is C15H21ClN2O. The van der Waals surface area contributed by atoms with Crippen molar-refractivity contribution in [2.24, 2.45) is 16.7 Å². The molecule has 104 valence electrons. The molecule has 4 heteroatoms. The Hall–Kier alpha value is -0.570. The van der Waals surface area contributed by atoms with Crippen molar-refractivity contribution in [3.63, 3.8) is 0 Å². The summed E-state index contributed by atoms with van der Waals surface area (Å²) in [5.41, 5.74) is 1.09. The van der Waals surface area contributed by atoms with E-state index in [2.05, 4.69) is 24.0 Å². The number of nitrogens with zero attached hydrogens (tertiary/aromatic N) is 2. The topological polar surface area (TPSA) is 38.9 Å². The lowest BCUT2D eigenvalue weighted by Gasteiger charge is -2.64. The summed E-state index contributed by atoms with van der Waals surface area (Å²) in [5.74, 6) is 2.70. The minimum atomic E-state index is 0.139. The van der Waals surface area contributed by atoms with Gasteiger partial charge in [-0.05, 0) is 55.3 Å². The Morgan fingerprint density at radius 2 is 1.84 bits per heavy atom. The van der Waals surface area contributed by atoms with Crippen LogP contribution in [0, 0.1) is 16.7 Å². The lowest BCUT2D eigenvalue weighted by atomic mass is 9.40. The number of alkyl halides is 1. The van der Waals surface area contributed by atoms with Crippen molar-refractivity contribution in [2.75, 3.05) is 0 Å². The van der Waals surface area contributed by atoms with Gasteiger partial charge in [0.25, 0.3) is 0 Å². The molecule has 1 aromatic heterocycles. The maximum absolute atomic E-state index is 5.82. The minimum Gasteiger partial charge on any atom is -0.339 e. The highest BCUT2D eigenvalue weighted by Crippen LogP contribution is 2.69. The molecule has 0 spiro atoms. The summed E-state index contributed by atoms with van der Waals surface area (Å²) in [6.45, 7) is 4.92. The zero-order valence-electron chi connectivity index (χ0n) is 11.7. The van der Waals surface area contributed by atoms with E-state index in [0.29, 0.717) is 22.5 Å². The summed E-state index contributed by atoms with van der Waals surface area (Å²) in [6, 6.07) is 0. The largest absolute Gasteiger partial charge is 0.339 e. The van der Waals surface area contributed by atoms with E-state index in [1.807, 2.05) is 0 Å². The van der Waals surface area contributed by atoms with Gasteiger partial charge in [-0.2, -0.15) is 4.98 Å². The van der Waals surface area contributed by atoms with Crippen LogP contribution in [-0.2, 0) is 11.3 Å². The quantitative estimate of drug-likeness (QED) is 0.767. The zero-order chi connectivity index (χ0) is 13.3. The van der Waals surface area contributed by atoms with E-state index < -0.39 is 0 Å². The van der Waals surface area contributed by atoms with E-state index in [1.54, 1.807) is 0 Å². The fourth-order valence-corrected chi connectivity index (χ4v) is 6.32. The standard InChI is InChI=1S/C15H21ClN2O/c1-13-3-10-4-14(2,7-13)9-15(5-10,8-13)12-17-11(6-16)18-19-12/h10H,3-9H2,1-2H3. The van der Waals surface area contributed by atoms with Crippen LogP contribution < -0.4 is 0 Å². The van der Waals surface area contributed by atoms with Crippen LogP contribution in [0.1, 0.15) is 64.1 Å². The number of hydrogen-bond acceptors (Lipinski definition) is 3. The molecule has 4 saturated carbocycles. The summed E-state index contributed by atoms with van der Waals surface area (Å²) >= 11 is 5.82. The molecule has 0 aliphatic heterocycles. The Kier molecular flexibility index (Phi) is 2.27. The molecule has 0 radical (unpaired) electrons. The third-order valence-electron chi connectivity index (χ3n) is 5.67.